The van der Waals surface area contributed by atoms with Crippen LogP contribution in [0.2, 0.25) is 0 Å². The van der Waals surface area contributed by atoms with Crippen LogP contribution in [-0.4, -0.2) is 17.0 Å². The molecule has 2 aromatic carbocycles. The average molecular weight is 306 g/mol. The van der Waals surface area contributed by atoms with Crippen molar-refractivity contribution in [3.05, 3.63) is 59.7 Å². The molecule has 3 nitrogen and oxygen atoms in total. The SMILES string of the molecule is N=C(OC1CCCC1)N1Cc2ccccc2-c2ccccc2C1. The van der Waals surface area contributed by atoms with Crippen molar-refractivity contribution in [1.29, 1.82) is 5.41 Å². The summed E-state index contributed by atoms with van der Waals surface area (Å²) < 4.78 is 5.95. The second-order valence-electron chi connectivity index (χ2n) is 6.50. The van der Waals surface area contributed by atoms with E-state index in [0.717, 1.165) is 25.9 Å². The van der Waals surface area contributed by atoms with Crippen molar-refractivity contribution in [2.24, 2.45) is 0 Å². The van der Waals surface area contributed by atoms with Gasteiger partial charge in [0.25, 0.3) is 6.02 Å². The Kier molecular flexibility index (Phi) is 3.78. The zero-order valence-electron chi connectivity index (χ0n) is 13.3. The first-order chi connectivity index (χ1) is 11.3. The number of amidine groups is 1. The summed E-state index contributed by atoms with van der Waals surface area (Å²) in [7, 11) is 0. The zero-order valence-corrected chi connectivity index (χ0v) is 13.3. The van der Waals surface area contributed by atoms with E-state index >= 15 is 0 Å². The highest BCUT2D eigenvalue weighted by atomic mass is 16.5. The Bertz CT molecular complexity index is 672. The van der Waals surface area contributed by atoms with Gasteiger partial charge >= 0.3 is 0 Å². The van der Waals surface area contributed by atoms with Crippen LogP contribution in [0, 0.1) is 5.41 Å². The largest absolute Gasteiger partial charge is 0.462 e. The van der Waals surface area contributed by atoms with Crippen LogP contribution in [0.15, 0.2) is 48.5 Å². The summed E-state index contributed by atoms with van der Waals surface area (Å²) in [5.74, 6) is 0. The van der Waals surface area contributed by atoms with Gasteiger partial charge in [-0.3, -0.25) is 5.41 Å². The van der Waals surface area contributed by atoms with Gasteiger partial charge in [0.05, 0.1) is 0 Å². The number of ether oxygens (including phenoxy) is 1. The Morgan fingerprint density at radius 2 is 1.39 bits per heavy atom. The molecule has 1 aliphatic heterocycles. The minimum Gasteiger partial charge on any atom is -0.462 e. The van der Waals surface area contributed by atoms with Crippen molar-refractivity contribution >= 4 is 6.02 Å². The van der Waals surface area contributed by atoms with E-state index in [1.807, 2.05) is 0 Å². The van der Waals surface area contributed by atoms with Crippen LogP contribution in [0.5, 0.6) is 0 Å². The molecule has 1 saturated carbocycles. The molecule has 1 fully saturated rings. The number of rotatable bonds is 1. The van der Waals surface area contributed by atoms with Crippen molar-refractivity contribution in [3.63, 3.8) is 0 Å². The lowest BCUT2D eigenvalue weighted by Gasteiger charge is -2.25. The predicted octanol–water partition coefficient (Wildman–Crippen LogP) is 4.56. The Morgan fingerprint density at radius 1 is 0.870 bits per heavy atom. The van der Waals surface area contributed by atoms with E-state index in [2.05, 4.69) is 53.4 Å². The first-order valence-electron chi connectivity index (χ1n) is 8.47. The predicted molar refractivity (Wildman–Crippen MR) is 92.2 cm³/mol. The third-order valence-corrected chi connectivity index (χ3v) is 4.92. The third kappa shape index (κ3) is 2.83. The molecular formula is C20H22N2O. The molecule has 0 spiro atoms. The number of nitrogens with zero attached hydrogens (tertiary/aromatic N) is 1. The van der Waals surface area contributed by atoms with Crippen LogP contribution in [0.4, 0.5) is 0 Å². The monoisotopic (exact) mass is 306 g/mol. The fraction of sp³-hybridized carbons (Fsp3) is 0.350. The van der Waals surface area contributed by atoms with E-state index < -0.39 is 0 Å². The lowest BCUT2D eigenvalue weighted by Crippen LogP contribution is -2.33. The molecular weight excluding hydrogens is 284 g/mol. The second-order valence-corrected chi connectivity index (χ2v) is 6.50. The van der Waals surface area contributed by atoms with Crippen molar-refractivity contribution in [2.75, 3.05) is 0 Å². The molecule has 118 valence electrons. The number of nitrogens with one attached hydrogen (secondary N) is 1. The molecule has 0 radical (unpaired) electrons. The van der Waals surface area contributed by atoms with Crippen LogP contribution in [-0.2, 0) is 17.8 Å². The van der Waals surface area contributed by atoms with Gasteiger partial charge in [0.2, 0.25) is 0 Å². The summed E-state index contributed by atoms with van der Waals surface area (Å²) in [4.78, 5) is 2.06. The van der Waals surface area contributed by atoms with E-state index in [-0.39, 0.29) is 6.10 Å². The van der Waals surface area contributed by atoms with Gasteiger partial charge in [-0.05, 0) is 47.9 Å². The molecule has 2 aromatic rings. The smallest absolute Gasteiger partial charge is 0.285 e. The van der Waals surface area contributed by atoms with Gasteiger partial charge in [0.15, 0.2) is 0 Å². The maximum atomic E-state index is 8.43. The zero-order chi connectivity index (χ0) is 15.6. The van der Waals surface area contributed by atoms with Crippen molar-refractivity contribution < 1.29 is 4.74 Å². The summed E-state index contributed by atoms with van der Waals surface area (Å²) >= 11 is 0. The molecule has 0 atom stereocenters. The number of hydrogen-bond donors (Lipinski definition) is 1. The van der Waals surface area contributed by atoms with Gasteiger partial charge in [-0.25, -0.2) is 0 Å². The van der Waals surface area contributed by atoms with Crippen LogP contribution in [0.25, 0.3) is 11.1 Å². The minimum absolute atomic E-state index is 0.233. The highest BCUT2D eigenvalue weighted by Gasteiger charge is 2.24. The molecule has 2 aliphatic rings. The minimum atomic E-state index is 0.233. The Hall–Kier alpha value is -2.29. The molecule has 23 heavy (non-hydrogen) atoms. The van der Waals surface area contributed by atoms with Crippen LogP contribution >= 0.6 is 0 Å². The van der Waals surface area contributed by atoms with Gasteiger partial charge in [-0.2, -0.15) is 0 Å². The highest BCUT2D eigenvalue weighted by Crippen LogP contribution is 2.33. The maximum absolute atomic E-state index is 8.43. The molecule has 0 aromatic heterocycles. The maximum Gasteiger partial charge on any atom is 0.285 e. The van der Waals surface area contributed by atoms with Crippen LogP contribution in [0.3, 0.4) is 0 Å². The summed E-state index contributed by atoms with van der Waals surface area (Å²) in [6.07, 6.45) is 4.86. The van der Waals surface area contributed by atoms with E-state index in [4.69, 9.17) is 10.1 Å². The lowest BCUT2D eigenvalue weighted by molar-refractivity contribution is 0.146. The third-order valence-electron chi connectivity index (χ3n) is 4.92. The van der Waals surface area contributed by atoms with Crippen molar-refractivity contribution in [1.82, 2.24) is 4.90 Å². The van der Waals surface area contributed by atoms with Gasteiger partial charge in [0.1, 0.15) is 6.10 Å². The van der Waals surface area contributed by atoms with E-state index in [0.29, 0.717) is 6.02 Å². The van der Waals surface area contributed by atoms with Crippen LogP contribution in [0.1, 0.15) is 36.8 Å². The second kappa shape index (κ2) is 6.07. The average Bonchev–Trinajstić information content (AvgIpc) is 3.02. The normalized spacial score (nSPS) is 17.3. The number of hydrogen-bond acceptors (Lipinski definition) is 2. The van der Waals surface area contributed by atoms with E-state index in [1.54, 1.807) is 0 Å². The molecule has 3 heteroatoms. The van der Waals surface area contributed by atoms with Gasteiger partial charge < -0.3 is 9.64 Å². The highest BCUT2D eigenvalue weighted by molar-refractivity contribution is 5.76. The van der Waals surface area contributed by atoms with Crippen molar-refractivity contribution in [2.45, 2.75) is 44.9 Å². The lowest BCUT2D eigenvalue weighted by atomic mass is 9.97. The fourth-order valence-electron chi connectivity index (χ4n) is 3.69. The molecule has 4 rings (SSSR count). The fourth-order valence-corrected chi connectivity index (χ4v) is 3.69. The molecule has 0 amide bonds. The standard InChI is InChI=1S/C20H22N2O/c21-20(23-17-9-3-4-10-17)22-13-15-7-1-5-11-18(15)19-12-6-2-8-16(19)14-22/h1-2,5-8,11-12,17,21H,3-4,9-10,13-14H2. The summed E-state index contributed by atoms with van der Waals surface area (Å²) in [5, 5.41) is 8.43. The van der Waals surface area contributed by atoms with Crippen molar-refractivity contribution in [3.8, 4) is 11.1 Å². The van der Waals surface area contributed by atoms with Gasteiger partial charge in [-0.1, -0.05) is 48.5 Å². The molecule has 1 N–H and O–H groups in total. The van der Waals surface area contributed by atoms with Gasteiger partial charge in [-0.15, -0.1) is 0 Å². The quantitative estimate of drug-likeness (QED) is 0.619. The first kappa shape index (κ1) is 14.3. The summed E-state index contributed by atoms with van der Waals surface area (Å²) in [6, 6.07) is 17.3. The Morgan fingerprint density at radius 3 is 1.96 bits per heavy atom. The molecule has 0 saturated heterocycles. The summed E-state index contributed by atoms with van der Waals surface area (Å²) in [6.45, 7) is 1.47. The van der Waals surface area contributed by atoms with Gasteiger partial charge in [0, 0.05) is 13.1 Å². The number of benzene rings is 2. The van der Waals surface area contributed by atoms with E-state index in [1.165, 1.54) is 35.1 Å². The molecule has 0 unspecified atom stereocenters. The van der Waals surface area contributed by atoms with Crippen LogP contribution < -0.4 is 0 Å². The molecule has 1 heterocycles. The summed E-state index contributed by atoms with van der Waals surface area (Å²) in [5.41, 5.74) is 5.08. The first-order valence-corrected chi connectivity index (χ1v) is 8.47. The topological polar surface area (TPSA) is 36.3 Å². The molecule has 0 bridgehead atoms. The molecule has 1 aliphatic carbocycles. The Labute approximate surface area is 137 Å². The number of fused-ring (bicyclic) bond motifs is 3. The van der Waals surface area contributed by atoms with E-state index in [9.17, 15) is 0 Å². The Balaban J connectivity index is 1.65.